The van der Waals surface area contributed by atoms with Crippen molar-refractivity contribution in [3.8, 4) is 17.5 Å². The zero-order valence-electron chi connectivity index (χ0n) is 17.3. The van der Waals surface area contributed by atoms with Gasteiger partial charge in [-0.25, -0.2) is 4.98 Å². The Morgan fingerprint density at radius 3 is 2.61 bits per heavy atom. The quantitative estimate of drug-likeness (QED) is 0.505. The highest BCUT2D eigenvalue weighted by molar-refractivity contribution is 7.18. The molecule has 0 saturated heterocycles. The van der Waals surface area contributed by atoms with Gasteiger partial charge in [-0.2, -0.15) is 5.26 Å². The number of anilines is 1. The smallest absolute Gasteiger partial charge is 0.263 e. The summed E-state index contributed by atoms with van der Waals surface area (Å²) >= 11 is 1.48. The Bertz CT molecular complexity index is 1400. The number of nitriles is 1. The SMILES string of the molecule is Cc1sc2nc(-c3ccccc3)n([C@H](C)C(=O)Nc3cccc(C#N)c3)c(=O)c2c1C. The summed E-state index contributed by atoms with van der Waals surface area (Å²) in [5, 5.41) is 12.5. The molecule has 0 aliphatic rings. The number of thiophene rings is 1. The lowest BCUT2D eigenvalue weighted by atomic mass is 10.1. The van der Waals surface area contributed by atoms with Gasteiger partial charge in [0.15, 0.2) is 0 Å². The number of carbonyl (C=O) groups excluding carboxylic acids is 1. The lowest BCUT2D eigenvalue weighted by Crippen LogP contribution is -2.33. The van der Waals surface area contributed by atoms with Crippen LogP contribution in [-0.4, -0.2) is 15.5 Å². The van der Waals surface area contributed by atoms with E-state index in [4.69, 9.17) is 10.2 Å². The van der Waals surface area contributed by atoms with Crippen LogP contribution < -0.4 is 10.9 Å². The summed E-state index contributed by atoms with van der Waals surface area (Å²) in [6.45, 7) is 5.55. The van der Waals surface area contributed by atoms with Crippen molar-refractivity contribution >= 4 is 33.1 Å². The molecule has 2 aromatic heterocycles. The van der Waals surface area contributed by atoms with Crippen LogP contribution in [0.5, 0.6) is 0 Å². The number of aromatic nitrogens is 2. The fourth-order valence-electron chi connectivity index (χ4n) is 3.49. The van der Waals surface area contributed by atoms with Crippen LogP contribution in [0.3, 0.4) is 0 Å². The van der Waals surface area contributed by atoms with Gasteiger partial charge in [0.05, 0.1) is 17.0 Å². The van der Waals surface area contributed by atoms with Crippen LogP contribution in [0, 0.1) is 25.2 Å². The minimum Gasteiger partial charge on any atom is -0.324 e. The highest BCUT2D eigenvalue weighted by Gasteiger charge is 2.24. The molecule has 4 rings (SSSR count). The number of hydrogen-bond acceptors (Lipinski definition) is 5. The average molecular weight is 429 g/mol. The van der Waals surface area contributed by atoms with Gasteiger partial charge in [-0.1, -0.05) is 36.4 Å². The van der Waals surface area contributed by atoms with Gasteiger partial charge in [0.1, 0.15) is 16.7 Å². The normalized spacial score (nSPS) is 11.8. The molecule has 2 heterocycles. The maximum absolute atomic E-state index is 13.6. The fourth-order valence-corrected chi connectivity index (χ4v) is 4.51. The molecule has 154 valence electrons. The molecule has 1 N–H and O–H groups in total. The largest absolute Gasteiger partial charge is 0.324 e. The predicted molar refractivity (Wildman–Crippen MR) is 123 cm³/mol. The molecule has 0 fully saturated rings. The number of nitrogens with zero attached hydrogens (tertiary/aromatic N) is 3. The maximum atomic E-state index is 13.6. The van der Waals surface area contributed by atoms with Gasteiger partial charge in [0, 0.05) is 16.1 Å². The lowest BCUT2D eigenvalue weighted by Gasteiger charge is -2.19. The van der Waals surface area contributed by atoms with Crippen molar-refractivity contribution in [2.45, 2.75) is 26.8 Å². The third-order valence-electron chi connectivity index (χ3n) is 5.29. The molecular weight excluding hydrogens is 408 g/mol. The third kappa shape index (κ3) is 3.74. The molecule has 0 aliphatic carbocycles. The van der Waals surface area contributed by atoms with Crippen LogP contribution in [-0.2, 0) is 4.79 Å². The van der Waals surface area contributed by atoms with Crippen molar-refractivity contribution in [1.29, 1.82) is 5.26 Å². The Morgan fingerprint density at radius 2 is 1.90 bits per heavy atom. The zero-order valence-corrected chi connectivity index (χ0v) is 18.2. The minimum atomic E-state index is -0.815. The summed E-state index contributed by atoms with van der Waals surface area (Å²) in [4.78, 5) is 33.1. The van der Waals surface area contributed by atoms with Crippen molar-refractivity contribution in [1.82, 2.24) is 9.55 Å². The van der Waals surface area contributed by atoms with Crippen molar-refractivity contribution in [3.05, 3.63) is 81.0 Å². The summed E-state index contributed by atoms with van der Waals surface area (Å²) in [7, 11) is 0. The van der Waals surface area contributed by atoms with Gasteiger partial charge < -0.3 is 5.32 Å². The number of rotatable bonds is 4. The Kier molecular flexibility index (Phi) is 5.40. The Morgan fingerprint density at radius 1 is 1.16 bits per heavy atom. The number of carbonyl (C=O) groups is 1. The summed E-state index contributed by atoms with van der Waals surface area (Å²) in [5.41, 5.74) is 2.36. The van der Waals surface area contributed by atoms with Gasteiger partial charge in [-0.3, -0.25) is 14.2 Å². The summed E-state index contributed by atoms with van der Waals surface area (Å²) in [6, 6.07) is 17.3. The van der Waals surface area contributed by atoms with Crippen molar-refractivity contribution in [2.24, 2.45) is 0 Å². The Labute approximate surface area is 183 Å². The first-order valence-electron chi connectivity index (χ1n) is 9.79. The molecule has 0 unspecified atom stereocenters. The highest BCUT2D eigenvalue weighted by Crippen LogP contribution is 2.30. The third-order valence-corrected chi connectivity index (χ3v) is 6.39. The summed E-state index contributed by atoms with van der Waals surface area (Å²) in [6.07, 6.45) is 0. The van der Waals surface area contributed by atoms with Crippen LogP contribution >= 0.6 is 11.3 Å². The molecule has 0 bridgehead atoms. The fraction of sp³-hybridized carbons (Fsp3) is 0.167. The highest BCUT2D eigenvalue weighted by atomic mass is 32.1. The van der Waals surface area contributed by atoms with Crippen LogP contribution in [0.1, 0.15) is 29.0 Å². The number of amides is 1. The van der Waals surface area contributed by atoms with Crippen LogP contribution in [0.15, 0.2) is 59.4 Å². The minimum absolute atomic E-state index is 0.237. The summed E-state index contributed by atoms with van der Waals surface area (Å²) < 4.78 is 1.46. The number of aryl methyl sites for hydroxylation is 2. The van der Waals surface area contributed by atoms with Gasteiger partial charge in [0.25, 0.3) is 5.56 Å². The van der Waals surface area contributed by atoms with Crippen LogP contribution in [0.25, 0.3) is 21.6 Å². The van der Waals surface area contributed by atoms with E-state index in [0.717, 1.165) is 16.0 Å². The maximum Gasteiger partial charge on any atom is 0.263 e. The molecule has 1 atom stereocenters. The van der Waals surface area contributed by atoms with Gasteiger partial charge in [-0.15, -0.1) is 11.3 Å². The predicted octanol–water partition coefficient (Wildman–Crippen LogP) is 4.81. The standard InChI is InChI=1S/C24H20N4O2S/c1-14-16(3)31-23-20(14)24(30)28(21(27-23)18-9-5-4-6-10-18)15(2)22(29)26-19-11-7-8-17(12-19)13-25/h4-12,15H,1-3H3,(H,26,29)/t15-/m1/s1. The van der Waals surface area contributed by atoms with E-state index in [1.54, 1.807) is 31.2 Å². The topological polar surface area (TPSA) is 87.8 Å². The van der Waals surface area contributed by atoms with E-state index in [9.17, 15) is 9.59 Å². The zero-order chi connectivity index (χ0) is 22.1. The first kappa shape index (κ1) is 20.5. The van der Waals surface area contributed by atoms with E-state index in [0.29, 0.717) is 27.3 Å². The first-order valence-corrected chi connectivity index (χ1v) is 10.6. The second kappa shape index (κ2) is 8.17. The van der Waals surface area contributed by atoms with E-state index in [-0.39, 0.29) is 11.5 Å². The van der Waals surface area contributed by atoms with Gasteiger partial charge in [-0.05, 0) is 44.5 Å². The molecule has 2 aromatic carbocycles. The Balaban J connectivity index is 1.85. The van der Waals surface area contributed by atoms with E-state index < -0.39 is 6.04 Å². The van der Waals surface area contributed by atoms with Gasteiger partial charge in [0.2, 0.25) is 5.91 Å². The second-order valence-corrected chi connectivity index (χ2v) is 8.50. The molecule has 31 heavy (non-hydrogen) atoms. The molecule has 0 aliphatic heterocycles. The van der Waals surface area contributed by atoms with Crippen molar-refractivity contribution in [3.63, 3.8) is 0 Å². The number of nitrogens with one attached hydrogen (secondary N) is 1. The van der Waals surface area contributed by atoms with Crippen molar-refractivity contribution in [2.75, 3.05) is 5.32 Å². The van der Waals surface area contributed by atoms with Crippen LogP contribution in [0.4, 0.5) is 5.69 Å². The van der Waals surface area contributed by atoms with Crippen LogP contribution in [0.2, 0.25) is 0 Å². The second-order valence-electron chi connectivity index (χ2n) is 7.30. The number of hydrogen-bond donors (Lipinski definition) is 1. The van der Waals surface area contributed by atoms with E-state index >= 15 is 0 Å². The summed E-state index contributed by atoms with van der Waals surface area (Å²) in [5.74, 6) is 0.0906. The molecule has 7 heteroatoms. The van der Waals surface area contributed by atoms with Gasteiger partial charge >= 0.3 is 0 Å². The molecule has 0 radical (unpaired) electrons. The first-order chi connectivity index (χ1) is 14.9. The number of benzene rings is 2. The molecule has 4 aromatic rings. The monoisotopic (exact) mass is 428 g/mol. The Hall–Kier alpha value is -3.76. The average Bonchev–Trinajstić information content (AvgIpc) is 3.07. The van der Waals surface area contributed by atoms with E-state index in [2.05, 4.69) is 11.4 Å². The number of fused-ring (bicyclic) bond motifs is 1. The molecule has 0 spiro atoms. The molecular formula is C24H20N4O2S. The van der Waals surface area contributed by atoms with E-state index in [1.165, 1.54) is 15.9 Å². The molecule has 0 saturated carbocycles. The lowest BCUT2D eigenvalue weighted by molar-refractivity contribution is -0.118. The molecule has 1 amide bonds. The molecule has 6 nitrogen and oxygen atoms in total. The van der Waals surface area contributed by atoms with E-state index in [1.807, 2.05) is 44.2 Å². The van der Waals surface area contributed by atoms with Crippen molar-refractivity contribution < 1.29 is 4.79 Å².